The van der Waals surface area contributed by atoms with Gasteiger partial charge in [0.25, 0.3) is 0 Å². The van der Waals surface area contributed by atoms with Gasteiger partial charge in [-0.1, -0.05) is 19.4 Å². The number of aliphatic hydroxyl groups excluding tert-OH is 1. The van der Waals surface area contributed by atoms with E-state index >= 15 is 0 Å². The van der Waals surface area contributed by atoms with Gasteiger partial charge < -0.3 is 9.84 Å². The zero-order chi connectivity index (χ0) is 13.2. The van der Waals surface area contributed by atoms with Crippen LogP contribution in [-0.4, -0.2) is 11.2 Å². The first kappa shape index (κ1) is 13.0. The van der Waals surface area contributed by atoms with Gasteiger partial charge >= 0.3 is 0 Å². The van der Waals surface area contributed by atoms with Crippen molar-refractivity contribution < 1.29 is 9.84 Å². The molecule has 1 atom stereocenters. The van der Waals surface area contributed by atoms with Crippen molar-refractivity contribution in [2.75, 3.05) is 0 Å². The van der Waals surface area contributed by atoms with Gasteiger partial charge in [-0.25, -0.2) is 0 Å². The van der Waals surface area contributed by atoms with Gasteiger partial charge in [0.1, 0.15) is 5.75 Å². The maximum absolute atomic E-state index is 9.81. The van der Waals surface area contributed by atoms with Gasteiger partial charge in [-0.05, 0) is 67.7 Å². The van der Waals surface area contributed by atoms with E-state index in [9.17, 15) is 5.11 Å². The highest BCUT2D eigenvalue weighted by Crippen LogP contribution is 2.35. The number of hydrogen-bond acceptors (Lipinski definition) is 2. The summed E-state index contributed by atoms with van der Waals surface area (Å²) in [7, 11) is 0. The van der Waals surface area contributed by atoms with E-state index in [2.05, 4.69) is 13.0 Å². The molecule has 1 unspecified atom stereocenters. The lowest BCUT2D eigenvalue weighted by atomic mass is 9.86. The average molecular weight is 260 g/mol. The quantitative estimate of drug-likeness (QED) is 0.889. The van der Waals surface area contributed by atoms with Crippen LogP contribution in [0.5, 0.6) is 5.75 Å². The van der Waals surface area contributed by atoms with Crippen LogP contribution in [0.15, 0.2) is 18.2 Å². The molecule has 1 N–H and O–H groups in total. The fourth-order valence-electron chi connectivity index (χ4n) is 3.50. The number of fused-ring (bicyclic) bond motifs is 1. The van der Waals surface area contributed by atoms with Crippen LogP contribution >= 0.6 is 0 Å². The van der Waals surface area contributed by atoms with Gasteiger partial charge in [-0.2, -0.15) is 0 Å². The van der Waals surface area contributed by atoms with Gasteiger partial charge in [0.15, 0.2) is 0 Å². The van der Waals surface area contributed by atoms with Crippen LogP contribution in [0.4, 0.5) is 0 Å². The highest BCUT2D eigenvalue weighted by molar-refractivity contribution is 5.39. The lowest BCUT2D eigenvalue weighted by Crippen LogP contribution is -2.23. The molecule has 104 valence electrons. The van der Waals surface area contributed by atoms with E-state index in [1.165, 1.54) is 37.7 Å². The zero-order valence-electron chi connectivity index (χ0n) is 11.8. The van der Waals surface area contributed by atoms with Crippen molar-refractivity contribution in [3.05, 3.63) is 29.3 Å². The molecule has 0 aliphatic heterocycles. The molecule has 0 aromatic heterocycles. The maximum atomic E-state index is 9.81. The molecule has 2 nitrogen and oxygen atoms in total. The minimum absolute atomic E-state index is 0.260. The van der Waals surface area contributed by atoms with Crippen molar-refractivity contribution in [2.45, 2.75) is 64.1 Å². The highest BCUT2D eigenvalue weighted by Gasteiger charge is 2.23. The Labute approximate surface area is 115 Å². The minimum Gasteiger partial charge on any atom is -0.490 e. The summed E-state index contributed by atoms with van der Waals surface area (Å²) in [5.41, 5.74) is 2.37. The number of benzene rings is 1. The smallest absolute Gasteiger partial charge is 0.120 e. The van der Waals surface area contributed by atoms with E-state index in [1.807, 2.05) is 12.1 Å². The number of aryl methyl sites for hydroxylation is 1. The van der Waals surface area contributed by atoms with Crippen molar-refractivity contribution in [3.63, 3.8) is 0 Å². The van der Waals surface area contributed by atoms with Crippen LogP contribution in [0.3, 0.4) is 0 Å². The second-order valence-electron chi connectivity index (χ2n) is 6.08. The molecule has 0 radical (unpaired) electrons. The van der Waals surface area contributed by atoms with E-state index in [0.717, 1.165) is 30.1 Å². The molecule has 0 saturated heterocycles. The van der Waals surface area contributed by atoms with Crippen LogP contribution in [0.25, 0.3) is 0 Å². The van der Waals surface area contributed by atoms with Gasteiger partial charge in [0.2, 0.25) is 0 Å². The molecule has 2 heteroatoms. The molecule has 0 amide bonds. The summed E-state index contributed by atoms with van der Waals surface area (Å²) >= 11 is 0. The highest BCUT2D eigenvalue weighted by atomic mass is 16.5. The summed E-state index contributed by atoms with van der Waals surface area (Å²) in [6, 6.07) is 6.21. The van der Waals surface area contributed by atoms with Crippen LogP contribution in [0, 0.1) is 5.92 Å². The van der Waals surface area contributed by atoms with Crippen LogP contribution in [0.2, 0.25) is 0 Å². The molecule has 2 aliphatic rings. The summed E-state index contributed by atoms with van der Waals surface area (Å²) in [5.74, 6) is 1.91. The minimum atomic E-state index is -0.260. The molecule has 2 aliphatic carbocycles. The Balaban J connectivity index is 1.62. The lowest BCUT2D eigenvalue weighted by molar-refractivity contribution is 0.130. The van der Waals surface area contributed by atoms with Gasteiger partial charge in [0.05, 0.1) is 12.2 Å². The Bertz CT molecular complexity index is 433. The average Bonchev–Trinajstić information content (AvgIpc) is 2.81. The monoisotopic (exact) mass is 260 g/mol. The molecule has 19 heavy (non-hydrogen) atoms. The fourth-order valence-corrected chi connectivity index (χ4v) is 3.50. The largest absolute Gasteiger partial charge is 0.490 e. The van der Waals surface area contributed by atoms with Crippen LogP contribution in [-0.2, 0) is 6.42 Å². The normalized spacial score (nSPS) is 30.1. The van der Waals surface area contributed by atoms with Gasteiger partial charge in [-0.15, -0.1) is 0 Å². The summed E-state index contributed by atoms with van der Waals surface area (Å²) in [4.78, 5) is 0. The molecule has 1 aromatic rings. The lowest BCUT2D eigenvalue weighted by Gasteiger charge is -2.28. The van der Waals surface area contributed by atoms with Crippen molar-refractivity contribution >= 4 is 0 Å². The van der Waals surface area contributed by atoms with Crippen molar-refractivity contribution in [1.29, 1.82) is 0 Å². The van der Waals surface area contributed by atoms with E-state index in [0.29, 0.717) is 6.10 Å². The van der Waals surface area contributed by atoms with Crippen LogP contribution < -0.4 is 4.74 Å². The third-order valence-corrected chi connectivity index (χ3v) is 4.83. The van der Waals surface area contributed by atoms with Crippen LogP contribution in [0.1, 0.15) is 62.7 Å². The summed E-state index contributed by atoms with van der Waals surface area (Å²) in [6.07, 6.45) is 8.29. The predicted molar refractivity (Wildman–Crippen MR) is 76.4 cm³/mol. The van der Waals surface area contributed by atoms with E-state index in [4.69, 9.17) is 4.74 Å². The molecule has 0 heterocycles. The molecule has 0 bridgehead atoms. The van der Waals surface area contributed by atoms with Crippen molar-refractivity contribution in [2.24, 2.45) is 5.92 Å². The third-order valence-electron chi connectivity index (χ3n) is 4.83. The summed E-state index contributed by atoms with van der Waals surface area (Å²) < 4.78 is 6.13. The molecular weight excluding hydrogens is 236 g/mol. The number of ether oxygens (including phenoxy) is 1. The topological polar surface area (TPSA) is 29.5 Å². The Hall–Kier alpha value is -1.02. The molecule has 0 spiro atoms. The molecule has 1 saturated carbocycles. The maximum Gasteiger partial charge on any atom is 0.120 e. The number of aliphatic hydroxyl groups is 1. The Morgan fingerprint density at radius 1 is 1.16 bits per heavy atom. The van der Waals surface area contributed by atoms with Gasteiger partial charge in [-0.3, -0.25) is 0 Å². The number of rotatable bonds is 3. The van der Waals surface area contributed by atoms with E-state index < -0.39 is 0 Å². The first-order chi connectivity index (χ1) is 9.26. The Morgan fingerprint density at radius 2 is 1.95 bits per heavy atom. The standard InChI is InChI=1S/C17H24O2/c1-2-12-3-6-14(7-4-12)19-15-8-9-16-13(11-15)5-10-17(16)18/h8-9,11-12,14,17-18H,2-7,10H2,1H3. The second kappa shape index (κ2) is 5.54. The Kier molecular flexibility index (Phi) is 3.79. The first-order valence-corrected chi connectivity index (χ1v) is 7.73. The second-order valence-corrected chi connectivity index (χ2v) is 6.08. The summed E-state index contributed by atoms with van der Waals surface area (Å²) in [6.45, 7) is 2.29. The summed E-state index contributed by atoms with van der Waals surface area (Å²) in [5, 5.41) is 9.81. The Morgan fingerprint density at radius 3 is 2.68 bits per heavy atom. The van der Waals surface area contributed by atoms with Crippen molar-refractivity contribution in [3.8, 4) is 5.75 Å². The van der Waals surface area contributed by atoms with Crippen molar-refractivity contribution in [1.82, 2.24) is 0 Å². The van der Waals surface area contributed by atoms with Gasteiger partial charge in [0, 0.05) is 0 Å². The fraction of sp³-hybridized carbons (Fsp3) is 0.647. The third kappa shape index (κ3) is 2.79. The SMILES string of the molecule is CCC1CCC(Oc2ccc3c(c2)CCC3O)CC1. The first-order valence-electron chi connectivity index (χ1n) is 7.73. The number of hydrogen-bond donors (Lipinski definition) is 1. The predicted octanol–water partition coefficient (Wildman–Crippen LogP) is 4.01. The molecule has 1 aromatic carbocycles. The molecular formula is C17H24O2. The molecule has 1 fully saturated rings. The van der Waals surface area contributed by atoms with E-state index in [-0.39, 0.29) is 6.10 Å². The zero-order valence-corrected chi connectivity index (χ0v) is 11.8. The molecule has 3 rings (SSSR count). The van der Waals surface area contributed by atoms with E-state index in [1.54, 1.807) is 0 Å².